The molecule has 0 fully saturated rings. The van der Waals surface area contributed by atoms with E-state index in [4.69, 9.17) is 0 Å². The molecule has 0 saturated heterocycles. The fraction of sp³-hybridized carbons (Fsp3) is 0.211. The quantitative estimate of drug-likeness (QED) is 0.703. The van der Waals surface area contributed by atoms with E-state index < -0.39 is 11.6 Å². The third-order valence-electron chi connectivity index (χ3n) is 4.59. The van der Waals surface area contributed by atoms with Gasteiger partial charge in [0.1, 0.15) is 6.04 Å². The first-order chi connectivity index (χ1) is 12.6. The third-order valence-corrected chi connectivity index (χ3v) is 6.52. The zero-order valence-corrected chi connectivity index (χ0v) is 15.4. The molecule has 1 aliphatic rings. The highest BCUT2D eigenvalue weighted by Crippen LogP contribution is 2.31. The topological polar surface area (TPSA) is 33.5 Å². The fourth-order valence-corrected chi connectivity index (χ4v) is 5.26. The maximum absolute atomic E-state index is 13.3. The van der Waals surface area contributed by atoms with Crippen molar-refractivity contribution in [3.63, 3.8) is 0 Å². The van der Waals surface area contributed by atoms with Crippen LogP contribution in [-0.2, 0) is 11.2 Å². The lowest BCUT2D eigenvalue weighted by atomic mass is 9.98. The molecule has 0 radical (unpaired) electrons. The van der Waals surface area contributed by atoms with Gasteiger partial charge in [-0.3, -0.25) is 4.79 Å². The molecule has 1 aliphatic heterocycles. The number of hydrogen-bond acceptors (Lipinski definition) is 3. The van der Waals surface area contributed by atoms with Gasteiger partial charge in [-0.25, -0.2) is 8.78 Å². The van der Waals surface area contributed by atoms with Crippen LogP contribution in [0.25, 0.3) is 0 Å². The van der Waals surface area contributed by atoms with Crippen molar-refractivity contribution in [3.05, 3.63) is 74.1 Å². The predicted octanol–water partition coefficient (Wildman–Crippen LogP) is 3.26. The van der Waals surface area contributed by atoms with Crippen LogP contribution in [0.5, 0.6) is 0 Å². The smallest absolute Gasteiger partial charge is 0.279 e. The molecule has 26 heavy (non-hydrogen) atoms. The van der Waals surface area contributed by atoms with Crippen LogP contribution in [0.4, 0.5) is 14.5 Å². The Bertz CT molecular complexity index is 924. The van der Waals surface area contributed by atoms with Crippen LogP contribution in [0.3, 0.4) is 0 Å². The Labute approximate surface area is 157 Å². The summed E-state index contributed by atoms with van der Waals surface area (Å²) in [5.74, 6) is -2.09. The Kier molecular flexibility index (Phi) is 4.84. The zero-order valence-electron chi connectivity index (χ0n) is 13.8. The second kappa shape index (κ2) is 7.26. The van der Waals surface area contributed by atoms with Gasteiger partial charge >= 0.3 is 0 Å². The summed E-state index contributed by atoms with van der Waals surface area (Å²) in [4.78, 5) is 16.3. The van der Waals surface area contributed by atoms with Gasteiger partial charge in [-0.05, 0) is 35.0 Å². The summed E-state index contributed by atoms with van der Waals surface area (Å²) in [5, 5.41) is 6.84. The number of thiophene rings is 2. The van der Waals surface area contributed by atoms with E-state index in [0.717, 1.165) is 25.1 Å². The second-order valence-electron chi connectivity index (χ2n) is 6.26. The van der Waals surface area contributed by atoms with Gasteiger partial charge in [0, 0.05) is 28.6 Å². The van der Waals surface area contributed by atoms with E-state index in [2.05, 4.69) is 28.2 Å². The number of benzene rings is 1. The van der Waals surface area contributed by atoms with E-state index in [1.165, 1.54) is 26.3 Å². The van der Waals surface area contributed by atoms with Crippen molar-refractivity contribution in [1.82, 2.24) is 0 Å². The maximum atomic E-state index is 13.3. The number of anilines is 1. The van der Waals surface area contributed by atoms with E-state index >= 15 is 0 Å². The van der Waals surface area contributed by atoms with E-state index in [1.54, 1.807) is 22.7 Å². The summed E-state index contributed by atoms with van der Waals surface area (Å²) < 4.78 is 26.4. The largest absolute Gasteiger partial charge is 0.321 e. The highest BCUT2D eigenvalue weighted by Gasteiger charge is 2.35. The van der Waals surface area contributed by atoms with Crippen molar-refractivity contribution < 1.29 is 18.5 Å². The normalized spacial score (nSPS) is 19.2. The number of halogens is 2. The lowest BCUT2D eigenvalue weighted by molar-refractivity contribution is -0.919. The second-order valence-corrected chi connectivity index (χ2v) is 8.24. The Hall–Kier alpha value is -2.09. The van der Waals surface area contributed by atoms with Crippen molar-refractivity contribution in [1.29, 1.82) is 0 Å². The lowest BCUT2D eigenvalue weighted by Gasteiger charge is -2.31. The summed E-state index contributed by atoms with van der Waals surface area (Å²) in [5.41, 5.74) is 1.56. The van der Waals surface area contributed by atoms with Gasteiger partial charge in [-0.2, -0.15) is 0 Å². The van der Waals surface area contributed by atoms with Gasteiger partial charge < -0.3 is 10.2 Å². The number of rotatable bonds is 4. The minimum atomic E-state index is -0.965. The van der Waals surface area contributed by atoms with Crippen LogP contribution >= 0.6 is 22.7 Å². The van der Waals surface area contributed by atoms with E-state index in [1.807, 2.05) is 6.07 Å². The number of quaternary nitrogens is 1. The molecule has 1 aromatic carbocycles. The van der Waals surface area contributed by atoms with Crippen LogP contribution in [0.15, 0.2) is 47.2 Å². The maximum Gasteiger partial charge on any atom is 0.279 e. The molecule has 2 N–H and O–H groups in total. The first-order valence-electron chi connectivity index (χ1n) is 8.31. The summed E-state index contributed by atoms with van der Waals surface area (Å²) in [6.07, 6.45) is 0.947. The van der Waals surface area contributed by atoms with Gasteiger partial charge in [-0.1, -0.05) is 6.07 Å². The van der Waals surface area contributed by atoms with E-state index in [-0.39, 0.29) is 24.2 Å². The van der Waals surface area contributed by atoms with Crippen LogP contribution in [0, 0.1) is 11.6 Å². The Morgan fingerprint density at radius 1 is 1.15 bits per heavy atom. The summed E-state index contributed by atoms with van der Waals surface area (Å²) >= 11 is 3.46. The first-order valence-corrected chi connectivity index (χ1v) is 10.1. The molecule has 0 spiro atoms. The zero-order chi connectivity index (χ0) is 18.1. The highest BCUT2D eigenvalue weighted by atomic mass is 32.1. The van der Waals surface area contributed by atoms with Crippen molar-refractivity contribution in [2.45, 2.75) is 12.5 Å². The Morgan fingerprint density at radius 2 is 2.04 bits per heavy atom. The van der Waals surface area contributed by atoms with Crippen molar-refractivity contribution in [2.75, 3.05) is 18.4 Å². The predicted molar refractivity (Wildman–Crippen MR) is 99.9 cm³/mol. The van der Waals surface area contributed by atoms with Gasteiger partial charge in [0.25, 0.3) is 5.91 Å². The highest BCUT2D eigenvalue weighted by molar-refractivity contribution is 7.10. The molecule has 2 aromatic heterocycles. The molecule has 3 aromatic rings. The first kappa shape index (κ1) is 17.3. The molecule has 4 rings (SSSR count). The third kappa shape index (κ3) is 3.42. The molecule has 3 heterocycles. The molecule has 1 unspecified atom stereocenters. The van der Waals surface area contributed by atoms with Crippen molar-refractivity contribution in [3.8, 4) is 0 Å². The summed E-state index contributed by atoms with van der Waals surface area (Å²) in [6, 6.07) is 9.82. The van der Waals surface area contributed by atoms with Crippen LogP contribution in [0.2, 0.25) is 0 Å². The van der Waals surface area contributed by atoms with Gasteiger partial charge in [0.05, 0.1) is 11.4 Å². The van der Waals surface area contributed by atoms with E-state index in [9.17, 15) is 13.6 Å². The van der Waals surface area contributed by atoms with E-state index in [0.29, 0.717) is 0 Å². The minimum Gasteiger partial charge on any atom is -0.321 e. The number of carbonyl (C=O) groups is 1. The number of nitrogens with one attached hydrogen (secondary N) is 2. The molecule has 1 amide bonds. The van der Waals surface area contributed by atoms with Crippen LogP contribution < -0.4 is 10.2 Å². The summed E-state index contributed by atoms with van der Waals surface area (Å²) in [7, 11) is 0. The number of hydrogen-bond donors (Lipinski definition) is 2. The average Bonchev–Trinajstić information content (AvgIpc) is 3.29. The molecule has 0 bridgehead atoms. The van der Waals surface area contributed by atoms with Crippen LogP contribution in [-0.4, -0.2) is 19.0 Å². The minimum absolute atomic E-state index is 0.140. The van der Waals surface area contributed by atoms with Crippen molar-refractivity contribution >= 4 is 34.3 Å². The average molecular weight is 391 g/mol. The molecule has 0 saturated carbocycles. The molecule has 0 aliphatic carbocycles. The molecular weight excluding hydrogens is 374 g/mol. The Balaban J connectivity index is 1.53. The lowest BCUT2D eigenvalue weighted by Crippen LogP contribution is -3.14. The number of carbonyl (C=O) groups excluding carboxylic acids is 1. The van der Waals surface area contributed by atoms with Crippen LogP contribution in [0.1, 0.15) is 21.4 Å². The molecular formula is C19H17F2N2OS2+. The molecule has 134 valence electrons. The number of fused-ring (bicyclic) bond motifs is 1. The molecule has 2 atom stereocenters. The summed E-state index contributed by atoms with van der Waals surface area (Å²) in [6.45, 7) is 1.14. The standard InChI is InChI=1S/C19H16F2N2OS2/c20-14-4-3-12(10-15(14)21)22-18(24)11-23-7-5-16-13(6-9-26-16)19(23)17-2-1-8-25-17/h1-4,6,8-10,19H,5,7,11H2,(H,22,24)/p+1/t19-/m1/s1. The molecule has 3 nitrogen and oxygen atoms in total. The fourth-order valence-electron chi connectivity index (χ4n) is 3.43. The van der Waals surface area contributed by atoms with Gasteiger partial charge in [0.15, 0.2) is 18.2 Å². The number of amides is 1. The van der Waals surface area contributed by atoms with Gasteiger partial charge in [0.2, 0.25) is 0 Å². The molecule has 7 heteroatoms. The van der Waals surface area contributed by atoms with Crippen molar-refractivity contribution in [2.24, 2.45) is 0 Å². The SMILES string of the molecule is O=C(C[NH+]1CCc2sccc2[C@@H]1c1cccs1)Nc1ccc(F)c(F)c1. The Morgan fingerprint density at radius 3 is 2.81 bits per heavy atom. The monoisotopic (exact) mass is 391 g/mol. The van der Waals surface area contributed by atoms with Gasteiger partial charge in [-0.15, -0.1) is 22.7 Å².